The summed E-state index contributed by atoms with van der Waals surface area (Å²) in [7, 11) is -3.45. The fourth-order valence-corrected chi connectivity index (χ4v) is 3.49. The third-order valence-corrected chi connectivity index (χ3v) is 4.97. The largest absolute Gasteiger partial charge is 0.274 e. The zero-order chi connectivity index (χ0) is 20.0. The zero-order valence-corrected chi connectivity index (χ0v) is 16.6. The van der Waals surface area contributed by atoms with Crippen molar-refractivity contribution in [2.45, 2.75) is 26.2 Å². The number of benzene rings is 2. The molecule has 2 aromatic heterocycles. The summed E-state index contributed by atoms with van der Waals surface area (Å²) >= 11 is 0. The van der Waals surface area contributed by atoms with Crippen LogP contribution in [0.1, 0.15) is 26.2 Å². The van der Waals surface area contributed by atoms with Gasteiger partial charge in [0.2, 0.25) is 0 Å². The van der Waals surface area contributed by atoms with E-state index in [9.17, 15) is 8.42 Å². The lowest BCUT2D eigenvalue weighted by atomic mass is 10.1. The van der Waals surface area contributed by atoms with Crippen LogP contribution in [-0.4, -0.2) is 24.9 Å². The highest BCUT2D eigenvalue weighted by atomic mass is 32.2. The maximum Gasteiger partial charge on any atom is 0.274 e. The van der Waals surface area contributed by atoms with Crippen LogP contribution < -0.4 is 9.86 Å². The standard InChI is InChI=1S/C16H10N2.C5H14N2O2S/c1-2-7-13-12(6-1)15-14(18-13)9-8-11-5-3-4-10-17-16(11)15;1-2-3-4-5-7-10(6,8)9/h1-10H;7H,2-5H2,1H3,(H2,6,8,9). The maximum absolute atomic E-state index is 10.3. The molecule has 0 unspecified atom stereocenters. The molecule has 0 saturated heterocycles. The van der Waals surface area contributed by atoms with Crippen LogP contribution in [0.25, 0.3) is 32.7 Å². The molecule has 3 N–H and O–H groups in total. The lowest BCUT2D eigenvalue weighted by Gasteiger charge is -1.98. The zero-order valence-electron chi connectivity index (χ0n) is 15.8. The van der Waals surface area contributed by atoms with Crippen LogP contribution >= 0.6 is 0 Å². The van der Waals surface area contributed by atoms with Gasteiger partial charge in [-0.05, 0) is 24.6 Å². The van der Waals surface area contributed by atoms with Crippen molar-refractivity contribution in [2.75, 3.05) is 6.54 Å². The predicted octanol–water partition coefficient (Wildman–Crippen LogP) is 3.91. The molecule has 0 fully saturated rings. The molecule has 6 nitrogen and oxygen atoms in total. The van der Waals surface area contributed by atoms with Crippen LogP contribution in [0.3, 0.4) is 0 Å². The molecule has 0 aliphatic rings. The Morgan fingerprint density at radius 3 is 2.54 bits per heavy atom. The summed E-state index contributed by atoms with van der Waals surface area (Å²) in [5, 5.41) is 8.15. The first-order valence-electron chi connectivity index (χ1n) is 9.29. The molecule has 0 aliphatic heterocycles. The molecule has 0 radical (unpaired) electrons. The molecule has 7 heteroatoms. The Balaban J connectivity index is 0.000000195. The molecular weight excluding hydrogens is 372 g/mol. The van der Waals surface area contributed by atoms with Gasteiger partial charge in [-0.1, -0.05) is 56.2 Å². The third-order valence-electron chi connectivity index (χ3n) is 4.36. The quantitative estimate of drug-likeness (QED) is 0.500. The third kappa shape index (κ3) is 5.01. The molecule has 0 atom stereocenters. The number of fused-ring (bicyclic) bond motifs is 5. The van der Waals surface area contributed by atoms with E-state index in [2.05, 4.69) is 51.0 Å². The molecule has 2 aromatic carbocycles. The predicted molar refractivity (Wildman–Crippen MR) is 115 cm³/mol. The minimum Gasteiger partial charge on any atom is -0.256 e. The number of aromatic nitrogens is 2. The summed E-state index contributed by atoms with van der Waals surface area (Å²) < 4.78 is 22.7. The molecule has 0 amide bonds. The van der Waals surface area contributed by atoms with Crippen molar-refractivity contribution in [3.8, 4) is 0 Å². The first kappa shape index (κ1) is 20.1. The van der Waals surface area contributed by atoms with Crippen LogP contribution in [0.15, 0.2) is 60.8 Å². The lowest BCUT2D eigenvalue weighted by Crippen LogP contribution is -2.31. The molecule has 28 heavy (non-hydrogen) atoms. The van der Waals surface area contributed by atoms with Crippen LogP contribution in [0.2, 0.25) is 0 Å². The van der Waals surface area contributed by atoms with Crippen molar-refractivity contribution >= 4 is 42.9 Å². The Kier molecular flexibility index (Phi) is 6.51. The van der Waals surface area contributed by atoms with Crippen molar-refractivity contribution in [3.63, 3.8) is 0 Å². The van der Waals surface area contributed by atoms with E-state index in [0.717, 1.165) is 46.6 Å². The summed E-state index contributed by atoms with van der Waals surface area (Å²) in [5.41, 5.74) is 3.07. The van der Waals surface area contributed by atoms with Crippen LogP contribution in [-0.2, 0) is 10.2 Å². The highest BCUT2D eigenvalue weighted by Gasteiger charge is 2.08. The number of para-hydroxylation sites is 1. The minimum atomic E-state index is -3.45. The van der Waals surface area contributed by atoms with Gasteiger partial charge >= 0.3 is 0 Å². The number of nitrogens with one attached hydrogen (secondary N) is 1. The molecule has 0 bridgehead atoms. The topological polar surface area (TPSA) is 98.0 Å². The fraction of sp³-hybridized carbons (Fsp3) is 0.238. The lowest BCUT2D eigenvalue weighted by molar-refractivity contribution is 0.577. The molecule has 0 aliphatic carbocycles. The molecule has 4 aromatic rings. The van der Waals surface area contributed by atoms with E-state index in [4.69, 9.17) is 0 Å². The van der Waals surface area contributed by atoms with E-state index >= 15 is 0 Å². The van der Waals surface area contributed by atoms with E-state index in [1.807, 2.05) is 36.5 Å². The van der Waals surface area contributed by atoms with E-state index in [1.54, 1.807) is 0 Å². The molecular formula is C21H24N4O2S. The van der Waals surface area contributed by atoms with Gasteiger partial charge in [0.05, 0.1) is 16.6 Å². The van der Waals surface area contributed by atoms with E-state index in [1.165, 1.54) is 5.39 Å². The number of rotatable bonds is 5. The van der Waals surface area contributed by atoms with E-state index in [-0.39, 0.29) is 0 Å². The van der Waals surface area contributed by atoms with Crippen molar-refractivity contribution in [3.05, 3.63) is 60.8 Å². The Hall–Kier alpha value is -2.61. The highest BCUT2D eigenvalue weighted by molar-refractivity contribution is 7.87. The average molecular weight is 397 g/mol. The SMILES string of the molecule is CCCCCNS(N)(=O)=O.c1ccc2ccc3nc4ccccc4c3c2nc1. The minimum absolute atomic E-state index is 0.451. The fourth-order valence-electron chi connectivity index (χ4n) is 3.06. The van der Waals surface area contributed by atoms with Crippen LogP contribution in [0.5, 0.6) is 0 Å². The van der Waals surface area contributed by atoms with Crippen LogP contribution in [0, 0.1) is 0 Å². The van der Waals surface area contributed by atoms with Gasteiger partial charge in [-0.2, -0.15) is 8.42 Å². The normalized spacial score (nSPS) is 11.5. The molecule has 146 valence electrons. The average Bonchev–Trinajstić information content (AvgIpc) is 2.87. The number of nitrogens with two attached hydrogens (primary N) is 1. The smallest absolute Gasteiger partial charge is 0.256 e. The highest BCUT2D eigenvalue weighted by Crippen LogP contribution is 2.30. The second-order valence-electron chi connectivity index (χ2n) is 6.50. The second kappa shape index (κ2) is 9.05. The Morgan fingerprint density at radius 2 is 1.75 bits per heavy atom. The van der Waals surface area contributed by atoms with Crippen molar-refractivity contribution in [1.82, 2.24) is 14.7 Å². The van der Waals surface area contributed by atoms with Crippen molar-refractivity contribution in [1.29, 1.82) is 0 Å². The van der Waals surface area contributed by atoms with Gasteiger partial charge in [0.15, 0.2) is 0 Å². The number of unbranched alkanes of at least 4 members (excludes halogenated alkanes) is 2. The summed E-state index contributed by atoms with van der Waals surface area (Å²) in [6.07, 6.45) is 4.80. The number of hydrogen-bond acceptors (Lipinski definition) is 4. The van der Waals surface area contributed by atoms with Gasteiger partial charge in [-0.15, -0.1) is 0 Å². The summed E-state index contributed by atoms with van der Waals surface area (Å²) in [4.78, 5) is 9.20. The van der Waals surface area contributed by atoms with E-state index in [0.29, 0.717) is 6.54 Å². The summed E-state index contributed by atoms with van der Waals surface area (Å²) in [6, 6.07) is 18.4. The van der Waals surface area contributed by atoms with Gasteiger partial charge in [0.1, 0.15) is 0 Å². The first-order valence-corrected chi connectivity index (χ1v) is 10.8. The Morgan fingerprint density at radius 1 is 0.964 bits per heavy atom. The molecule has 0 saturated carbocycles. The Bertz CT molecular complexity index is 1190. The van der Waals surface area contributed by atoms with Gasteiger partial charge in [-0.3, -0.25) is 4.98 Å². The van der Waals surface area contributed by atoms with Gasteiger partial charge in [-0.25, -0.2) is 14.8 Å². The molecule has 0 spiro atoms. The number of nitrogens with zero attached hydrogens (tertiary/aromatic N) is 2. The molecule has 4 rings (SSSR count). The summed E-state index contributed by atoms with van der Waals surface area (Å²) in [6.45, 7) is 2.50. The van der Waals surface area contributed by atoms with Crippen molar-refractivity contribution in [2.24, 2.45) is 5.14 Å². The van der Waals surface area contributed by atoms with Gasteiger partial charge < -0.3 is 0 Å². The van der Waals surface area contributed by atoms with Crippen LogP contribution in [0.4, 0.5) is 0 Å². The van der Waals surface area contributed by atoms with Crippen molar-refractivity contribution < 1.29 is 8.42 Å². The maximum atomic E-state index is 10.3. The summed E-state index contributed by atoms with van der Waals surface area (Å²) in [5.74, 6) is 0. The molecule has 2 heterocycles. The number of hydrogen-bond donors (Lipinski definition) is 2. The van der Waals surface area contributed by atoms with Gasteiger partial charge in [0.25, 0.3) is 10.2 Å². The second-order valence-corrected chi connectivity index (χ2v) is 7.88. The van der Waals surface area contributed by atoms with E-state index < -0.39 is 10.2 Å². The first-order chi connectivity index (χ1) is 13.5. The van der Waals surface area contributed by atoms with Gasteiger partial charge in [0, 0.05) is 28.9 Å². The monoisotopic (exact) mass is 396 g/mol. The Labute approximate surface area is 165 Å².